The van der Waals surface area contributed by atoms with E-state index in [1.54, 1.807) is 5.56 Å². The van der Waals surface area contributed by atoms with Crippen LogP contribution in [0.5, 0.6) is 0 Å². The van der Waals surface area contributed by atoms with E-state index in [2.05, 4.69) is 46.7 Å². The molecule has 1 saturated carbocycles. The van der Waals surface area contributed by atoms with Gasteiger partial charge in [0.05, 0.1) is 13.2 Å². The highest BCUT2D eigenvalue weighted by molar-refractivity contribution is 5.85. The maximum atomic E-state index is 5.61. The van der Waals surface area contributed by atoms with Gasteiger partial charge in [-0.05, 0) is 79.5 Å². The molecule has 0 radical (unpaired) electrons. The molecule has 0 aromatic heterocycles. The van der Waals surface area contributed by atoms with Crippen molar-refractivity contribution < 1.29 is 9.47 Å². The molecule has 6 heteroatoms. The molecule has 0 unspecified atom stereocenters. The second-order valence-electron chi connectivity index (χ2n) is 11.6. The van der Waals surface area contributed by atoms with Gasteiger partial charge in [-0.2, -0.15) is 0 Å². The van der Waals surface area contributed by atoms with Crippen molar-refractivity contribution in [3.63, 3.8) is 0 Å². The Hall–Kier alpha value is -1.01. The fraction of sp³-hybridized carbons (Fsp3) is 0.786. The van der Waals surface area contributed by atoms with Gasteiger partial charge in [0.2, 0.25) is 0 Å². The third kappa shape index (κ3) is 6.40. The van der Waals surface area contributed by atoms with Crippen LogP contribution < -0.4 is 9.80 Å². The minimum Gasteiger partial charge on any atom is -0.381 e. The number of piperazine rings is 1. The lowest BCUT2D eigenvalue weighted by atomic mass is 9.71. The number of hydrogen-bond donors (Lipinski definition) is 0. The van der Waals surface area contributed by atoms with E-state index in [0.29, 0.717) is 11.3 Å². The summed E-state index contributed by atoms with van der Waals surface area (Å²) in [5.41, 5.74) is 5.05. The zero-order valence-corrected chi connectivity index (χ0v) is 22.3. The molecule has 1 aliphatic carbocycles. The van der Waals surface area contributed by atoms with Gasteiger partial charge in [0.25, 0.3) is 0 Å². The van der Waals surface area contributed by atoms with Gasteiger partial charge in [-0.3, -0.25) is 4.90 Å². The molecule has 3 heterocycles. The van der Waals surface area contributed by atoms with Gasteiger partial charge in [-0.1, -0.05) is 13.8 Å². The van der Waals surface area contributed by atoms with Crippen molar-refractivity contribution in [2.24, 2.45) is 11.3 Å². The summed E-state index contributed by atoms with van der Waals surface area (Å²) in [5.74, 6) is 1.54. The van der Waals surface area contributed by atoms with Crippen LogP contribution in [-0.4, -0.2) is 77.1 Å². The zero-order valence-electron chi connectivity index (χ0n) is 21.5. The third-order valence-corrected chi connectivity index (χ3v) is 8.74. The van der Waals surface area contributed by atoms with E-state index in [-0.39, 0.29) is 12.4 Å². The van der Waals surface area contributed by atoms with Gasteiger partial charge in [0.1, 0.15) is 0 Å². The molecule has 4 fully saturated rings. The van der Waals surface area contributed by atoms with Crippen LogP contribution in [0.2, 0.25) is 0 Å². The van der Waals surface area contributed by atoms with Crippen LogP contribution >= 0.6 is 12.4 Å². The van der Waals surface area contributed by atoms with Crippen LogP contribution in [0.3, 0.4) is 0 Å². The molecule has 5 rings (SSSR count). The van der Waals surface area contributed by atoms with Gasteiger partial charge in [-0.15, -0.1) is 12.4 Å². The summed E-state index contributed by atoms with van der Waals surface area (Å²) in [6, 6.07) is 7.39. The average Bonchev–Trinajstić information content (AvgIpc) is 2.85. The Kier molecular flexibility index (Phi) is 9.06. The molecule has 3 saturated heterocycles. The Morgan fingerprint density at radius 3 is 2.12 bits per heavy atom. The average molecular weight is 492 g/mol. The van der Waals surface area contributed by atoms with Gasteiger partial charge < -0.3 is 19.3 Å². The highest BCUT2D eigenvalue weighted by Gasteiger charge is 2.31. The van der Waals surface area contributed by atoms with Crippen LogP contribution in [0.1, 0.15) is 63.9 Å². The van der Waals surface area contributed by atoms with Crippen molar-refractivity contribution in [1.82, 2.24) is 4.90 Å². The highest BCUT2D eigenvalue weighted by atomic mass is 35.5. The van der Waals surface area contributed by atoms with E-state index in [1.807, 2.05) is 0 Å². The zero-order chi connectivity index (χ0) is 22.7. The van der Waals surface area contributed by atoms with Gasteiger partial charge in [0, 0.05) is 70.4 Å². The van der Waals surface area contributed by atoms with Gasteiger partial charge in [0.15, 0.2) is 0 Å². The quantitative estimate of drug-likeness (QED) is 0.566. The lowest BCUT2D eigenvalue weighted by Crippen LogP contribution is -2.48. The first-order valence-corrected chi connectivity index (χ1v) is 13.6. The third-order valence-electron chi connectivity index (χ3n) is 8.74. The fourth-order valence-corrected chi connectivity index (χ4v) is 6.35. The predicted octanol–water partition coefficient (Wildman–Crippen LogP) is 5.18. The standard InChI is InChI=1S/C28H45N3O2.ClH/c1-28(2)9-5-24(6-10-28)26-21-25(30-15-19-33-20-16-30)3-4-27(26)31-13-11-29(12-14-31)22-23-7-17-32-18-8-23;/h3-4,21,23-24H,5-20,22H2,1-2H3;1H. The minimum atomic E-state index is 0. The molecular weight excluding hydrogens is 446 g/mol. The molecule has 192 valence electrons. The Balaban J connectivity index is 0.00000274. The first-order valence-electron chi connectivity index (χ1n) is 13.6. The fourth-order valence-electron chi connectivity index (χ4n) is 6.35. The van der Waals surface area contributed by atoms with Gasteiger partial charge >= 0.3 is 0 Å². The molecule has 0 atom stereocenters. The van der Waals surface area contributed by atoms with Crippen LogP contribution in [0.4, 0.5) is 11.4 Å². The Bertz CT molecular complexity index is 759. The van der Waals surface area contributed by atoms with Crippen LogP contribution in [0.25, 0.3) is 0 Å². The summed E-state index contributed by atoms with van der Waals surface area (Å²) in [6.07, 6.45) is 7.83. The SMILES string of the molecule is CC1(C)CCC(c2cc(N3CCOCC3)ccc2N2CCN(CC3CCOCC3)CC2)CC1.Cl. The van der Waals surface area contributed by atoms with Crippen molar-refractivity contribution >= 4 is 23.8 Å². The molecular formula is C28H46ClN3O2. The molecule has 4 aliphatic rings. The second kappa shape index (κ2) is 11.8. The summed E-state index contributed by atoms with van der Waals surface area (Å²) in [7, 11) is 0. The highest BCUT2D eigenvalue weighted by Crippen LogP contribution is 2.45. The molecule has 0 N–H and O–H groups in total. The number of halogens is 1. The minimum absolute atomic E-state index is 0. The van der Waals surface area contributed by atoms with Crippen molar-refractivity contribution in [3.8, 4) is 0 Å². The van der Waals surface area contributed by atoms with E-state index in [9.17, 15) is 0 Å². The van der Waals surface area contributed by atoms with E-state index in [4.69, 9.17) is 9.47 Å². The molecule has 1 aromatic rings. The van der Waals surface area contributed by atoms with Crippen LogP contribution in [0, 0.1) is 11.3 Å². The normalized spacial score (nSPS) is 25.2. The largest absolute Gasteiger partial charge is 0.381 e. The lowest BCUT2D eigenvalue weighted by molar-refractivity contribution is 0.0517. The van der Waals surface area contributed by atoms with Crippen molar-refractivity contribution in [1.29, 1.82) is 0 Å². The van der Waals surface area contributed by atoms with Crippen molar-refractivity contribution in [2.75, 3.05) is 82.0 Å². The van der Waals surface area contributed by atoms with Crippen LogP contribution in [-0.2, 0) is 9.47 Å². The first kappa shape index (κ1) is 26.1. The topological polar surface area (TPSA) is 28.2 Å². The Labute approximate surface area is 213 Å². The predicted molar refractivity (Wildman–Crippen MR) is 144 cm³/mol. The molecule has 1 aromatic carbocycles. The first-order chi connectivity index (χ1) is 16.1. The number of anilines is 2. The number of hydrogen-bond acceptors (Lipinski definition) is 5. The van der Waals surface area contributed by atoms with E-state index < -0.39 is 0 Å². The summed E-state index contributed by atoms with van der Waals surface area (Å²) >= 11 is 0. The molecule has 0 spiro atoms. The molecule has 5 nitrogen and oxygen atoms in total. The number of nitrogens with zero attached hydrogens (tertiary/aromatic N) is 3. The second-order valence-corrected chi connectivity index (χ2v) is 11.6. The van der Waals surface area contributed by atoms with E-state index in [1.165, 1.54) is 69.5 Å². The number of rotatable bonds is 5. The summed E-state index contributed by atoms with van der Waals surface area (Å²) < 4.78 is 11.2. The molecule has 34 heavy (non-hydrogen) atoms. The molecule has 0 amide bonds. The van der Waals surface area contributed by atoms with Gasteiger partial charge in [-0.25, -0.2) is 0 Å². The number of benzene rings is 1. The number of ether oxygens (including phenoxy) is 2. The maximum absolute atomic E-state index is 5.61. The van der Waals surface area contributed by atoms with E-state index >= 15 is 0 Å². The van der Waals surface area contributed by atoms with Crippen molar-refractivity contribution in [3.05, 3.63) is 23.8 Å². The summed E-state index contributed by atoms with van der Waals surface area (Å²) in [4.78, 5) is 7.92. The van der Waals surface area contributed by atoms with Crippen molar-refractivity contribution in [2.45, 2.75) is 58.3 Å². The Morgan fingerprint density at radius 2 is 1.44 bits per heavy atom. The summed E-state index contributed by atoms with van der Waals surface area (Å²) in [5, 5.41) is 0. The molecule has 3 aliphatic heterocycles. The van der Waals surface area contributed by atoms with E-state index in [0.717, 1.165) is 58.5 Å². The molecule has 0 bridgehead atoms. The number of morpholine rings is 1. The Morgan fingerprint density at radius 1 is 0.794 bits per heavy atom. The lowest BCUT2D eigenvalue weighted by Gasteiger charge is -2.41. The summed E-state index contributed by atoms with van der Waals surface area (Å²) in [6.45, 7) is 16.5. The van der Waals surface area contributed by atoms with Crippen LogP contribution in [0.15, 0.2) is 18.2 Å². The maximum Gasteiger partial charge on any atom is 0.0642 e. The monoisotopic (exact) mass is 491 g/mol. The smallest absolute Gasteiger partial charge is 0.0642 e.